The zero-order chi connectivity index (χ0) is 12.3. The Hall–Kier alpha value is -0.670. The minimum atomic E-state index is 0.199. The molecule has 1 rings (SSSR count). The molecule has 0 amide bonds. The van der Waals surface area contributed by atoms with Crippen LogP contribution in [0.25, 0.3) is 0 Å². The van der Waals surface area contributed by atoms with Crippen LogP contribution in [0, 0.1) is 5.41 Å². The van der Waals surface area contributed by atoms with Gasteiger partial charge in [0.05, 0.1) is 11.4 Å². The van der Waals surface area contributed by atoms with E-state index in [0.29, 0.717) is 12.6 Å². The lowest BCUT2D eigenvalue weighted by atomic mass is 9.87. The monoisotopic (exact) mass is 239 g/mol. The zero-order valence-electron chi connectivity index (χ0n) is 10.8. The highest BCUT2D eigenvalue weighted by Gasteiger charge is 2.25. The van der Waals surface area contributed by atoms with E-state index in [9.17, 15) is 4.79 Å². The molecule has 1 atom stereocenters. The van der Waals surface area contributed by atoms with E-state index in [4.69, 9.17) is 0 Å². The van der Waals surface area contributed by atoms with Crippen molar-refractivity contribution in [2.24, 2.45) is 5.41 Å². The smallest absolute Gasteiger partial charge is 0.186 e. The number of hydrogen-bond donors (Lipinski definition) is 0. The Morgan fingerprint density at radius 2 is 2.12 bits per heavy atom. The highest BCUT2D eigenvalue weighted by atomic mass is 32.1. The van der Waals surface area contributed by atoms with E-state index in [-0.39, 0.29) is 11.2 Å². The summed E-state index contributed by atoms with van der Waals surface area (Å²) >= 11 is 1.52. The Morgan fingerprint density at radius 3 is 2.56 bits per heavy atom. The molecular weight excluding hydrogens is 218 g/mol. The van der Waals surface area contributed by atoms with Crippen LogP contribution in [0.5, 0.6) is 0 Å². The molecule has 0 spiro atoms. The maximum Gasteiger partial charge on any atom is 0.186 e. The number of carbonyl (C=O) groups excluding carboxylic acids is 1. The number of nitrogens with zero attached hydrogens (tertiary/aromatic N) is 1. The summed E-state index contributed by atoms with van der Waals surface area (Å²) < 4.78 is 0. The summed E-state index contributed by atoms with van der Waals surface area (Å²) in [4.78, 5) is 14.9. The first kappa shape index (κ1) is 13.4. The van der Waals surface area contributed by atoms with E-state index < -0.39 is 0 Å². The third-order valence-corrected chi connectivity index (χ3v) is 4.01. The molecule has 0 saturated heterocycles. The van der Waals surface area contributed by atoms with Gasteiger partial charge >= 0.3 is 0 Å². The standard InChI is InChI=1S/C13H21NOS/c1-10(13(2,3)4)14(5)9-11(15)12-7-6-8-16-12/h6-8,10H,9H2,1-5H3. The molecule has 0 aromatic carbocycles. The van der Waals surface area contributed by atoms with Crippen molar-refractivity contribution >= 4 is 17.1 Å². The van der Waals surface area contributed by atoms with E-state index in [0.717, 1.165) is 4.88 Å². The number of hydrogen-bond acceptors (Lipinski definition) is 3. The van der Waals surface area contributed by atoms with Gasteiger partial charge < -0.3 is 0 Å². The number of likely N-dealkylation sites (N-methyl/N-ethyl adjacent to an activating group) is 1. The van der Waals surface area contributed by atoms with Crippen molar-refractivity contribution in [2.75, 3.05) is 13.6 Å². The normalized spacial score (nSPS) is 14.1. The fourth-order valence-electron chi connectivity index (χ4n) is 1.54. The summed E-state index contributed by atoms with van der Waals surface area (Å²) in [5.41, 5.74) is 0.199. The van der Waals surface area contributed by atoms with Crippen LogP contribution < -0.4 is 0 Å². The van der Waals surface area contributed by atoms with Crippen molar-refractivity contribution in [3.8, 4) is 0 Å². The Balaban J connectivity index is 2.58. The molecule has 3 heteroatoms. The van der Waals surface area contributed by atoms with Crippen molar-refractivity contribution < 1.29 is 4.79 Å². The highest BCUT2D eigenvalue weighted by Crippen LogP contribution is 2.23. The molecule has 0 aliphatic rings. The number of rotatable bonds is 4. The Kier molecular flexibility index (Phi) is 4.28. The van der Waals surface area contributed by atoms with Gasteiger partial charge in [0.15, 0.2) is 5.78 Å². The quantitative estimate of drug-likeness (QED) is 0.751. The van der Waals surface area contributed by atoms with Crippen molar-refractivity contribution in [1.29, 1.82) is 0 Å². The predicted molar refractivity (Wildman–Crippen MR) is 70.2 cm³/mol. The lowest BCUT2D eigenvalue weighted by molar-refractivity contribution is 0.0857. The molecule has 1 aromatic rings. The SMILES string of the molecule is CC(N(C)CC(=O)c1cccs1)C(C)(C)C. The third kappa shape index (κ3) is 3.42. The number of carbonyl (C=O) groups is 1. The lowest BCUT2D eigenvalue weighted by Crippen LogP contribution is -2.41. The van der Waals surface area contributed by atoms with E-state index in [2.05, 4.69) is 32.6 Å². The number of ketones is 1. The van der Waals surface area contributed by atoms with Gasteiger partial charge in [-0.05, 0) is 30.8 Å². The molecule has 90 valence electrons. The van der Waals surface area contributed by atoms with Crippen LogP contribution in [0.15, 0.2) is 17.5 Å². The second-order valence-corrected chi connectivity index (χ2v) is 6.31. The van der Waals surface area contributed by atoms with Gasteiger partial charge in [0, 0.05) is 6.04 Å². The van der Waals surface area contributed by atoms with E-state index in [1.54, 1.807) is 0 Å². The maximum absolute atomic E-state index is 11.9. The number of Topliss-reactive ketones (excluding diaryl/α,β-unsaturated/α-hetero) is 1. The summed E-state index contributed by atoms with van der Waals surface area (Å²) in [6.07, 6.45) is 0. The molecule has 0 bridgehead atoms. The molecule has 1 unspecified atom stereocenters. The first-order chi connectivity index (χ1) is 7.32. The molecular formula is C13H21NOS. The highest BCUT2D eigenvalue weighted by molar-refractivity contribution is 7.12. The van der Waals surface area contributed by atoms with Crippen LogP contribution >= 0.6 is 11.3 Å². The van der Waals surface area contributed by atoms with Crippen LogP contribution in [0.2, 0.25) is 0 Å². The molecule has 1 heterocycles. The number of thiophene rings is 1. The topological polar surface area (TPSA) is 20.3 Å². The third-order valence-electron chi connectivity index (χ3n) is 3.10. The Labute approximate surface area is 102 Å². The van der Waals surface area contributed by atoms with Gasteiger partial charge in [-0.2, -0.15) is 0 Å². The van der Waals surface area contributed by atoms with Crippen molar-refractivity contribution in [3.63, 3.8) is 0 Å². The van der Waals surface area contributed by atoms with Crippen molar-refractivity contribution in [1.82, 2.24) is 4.90 Å². The first-order valence-electron chi connectivity index (χ1n) is 5.59. The summed E-state index contributed by atoms with van der Waals surface area (Å²) in [7, 11) is 2.02. The van der Waals surface area contributed by atoms with E-state index in [1.165, 1.54) is 11.3 Å². The molecule has 0 aliphatic carbocycles. The fourth-order valence-corrected chi connectivity index (χ4v) is 2.20. The molecule has 1 aromatic heterocycles. The molecule has 0 radical (unpaired) electrons. The van der Waals surface area contributed by atoms with E-state index >= 15 is 0 Å². The zero-order valence-corrected chi connectivity index (χ0v) is 11.6. The second kappa shape index (κ2) is 5.11. The molecule has 0 fully saturated rings. The van der Waals surface area contributed by atoms with Gasteiger partial charge in [0.1, 0.15) is 0 Å². The largest absolute Gasteiger partial charge is 0.296 e. The molecule has 0 N–H and O–H groups in total. The Bertz CT molecular complexity index is 337. The van der Waals surface area contributed by atoms with Gasteiger partial charge in [-0.15, -0.1) is 11.3 Å². The summed E-state index contributed by atoms with van der Waals surface area (Å²) in [5, 5.41) is 1.94. The van der Waals surface area contributed by atoms with Crippen LogP contribution in [-0.2, 0) is 0 Å². The summed E-state index contributed by atoms with van der Waals surface area (Å²) in [6, 6.07) is 4.20. The average Bonchev–Trinajstić information content (AvgIpc) is 2.67. The first-order valence-corrected chi connectivity index (χ1v) is 6.47. The molecule has 16 heavy (non-hydrogen) atoms. The summed E-state index contributed by atoms with van der Waals surface area (Å²) in [5.74, 6) is 0.216. The van der Waals surface area contributed by atoms with E-state index in [1.807, 2.05) is 24.6 Å². The molecule has 2 nitrogen and oxygen atoms in total. The van der Waals surface area contributed by atoms with Crippen molar-refractivity contribution in [3.05, 3.63) is 22.4 Å². The Morgan fingerprint density at radius 1 is 1.50 bits per heavy atom. The second-order valence-electron chi connectivity index (χ2n) is 5.36. The molecule has 0 aliphatic heterocycles. The fraction of sp³-hybridized carbons (Fsp3) is 0.615. The lowest BCUT2D eigenvalue weighted by Gasteiger charge is -2.34. The van der Waals surface area contributed by atoms with Gasteiger partial charge in [-0.3, -0.25) is 9.69 Å². The van der Waals surface area contributed by atoms with Crippen molar-refractivity contribution in [2.45, 2.75) is 33.7 Å². The van der Waals surface area contributed by atoms with Gasteiger partial charge in [0.25, 0.3) is 0 Å². The van der Waals surface area contributed by atoms with Gasteiger partial charge in [-0.1, -0.05) is 26.8 Å². The van der Waals surface area contributed by atoms with Crippen LogP contribution in [0.4, 0.5) is 0 Å². The van der Waals surface area contributed by atoms with Crippen LogP contribution in [-0.4, -0.2) is 30.3 Å². The molecule has 0 saturated carbocycles. The maximum atomic E-state index is 11.9. The predicted octanol–water partition coefficient (Wildman–Crippen LogP) is 3.30. The van der Waals surface area contributed by atoms with Crippen LogP contribution in [0.3, 0.4) is 0 Å². The van der Waals surface area contributed by atoms with Gasteiger partial charge in [0.2, 0.25) is 0 Å². The summed E-state index contributed by atoms with van der Waals surface area (Å²) in [6.45, 7) is 9.26. The van der Waals surface area contributed by atoms with Gasteiger partial charge in [-0.25, -0.2) is 0 Å². The minimum Gasteiger partial charge on any atom is -0.296 e. The average molecular weight is 239 g/mol. The minimum absolute atomic E-state index is 0.199. The van der Waals surface area contributed by atoms with Crippen LogP contribution in [0.1, 0.15) is 37.4 Å².